The van der Waals surface area contributed by atoms with Crippen molar-refractivity contribution in [1.29, 1.82) is 0 Å². The van der Waals surface area contributed by atoms with Gasteiger partial charge in [0.2, 0.25) is 0 Å². The predicted octanol–water partition coefficient (Wildman–Crippen LogP) is 4.03. The smallest absolute Gasteiger partial charge is 0.181 e. The molecule has 3 aromatic rings. The highest BCUT2D eigenvalue weighted by Gasteiger charge is 2.27. The average molecular weight is 349 g/mol. The minimum atomic E-state index is -0.125. The number of benzene rings is 2. The fraction of sp³-hybridized carbons (Fsp3) is 0.238. The molecule has 2 aromatic carbocycles. The molecule has 0 saturated carbocycles. The zero-order valence-corrected chi connectivity index (χ0v) is 14.5. The lowest BCUT2D eigenvalue weighted by Crippen LogP contribution is -2.22. The number of methoxy groups -OCH3 is 1. The molecule has 1 unspecified atom stereocenters. The van der Waals surface area contributed by atoms with Gasteiger partial charge in [-0.05, 0) is 30.2 Å². The molecule has 2 heterocycles. The molecule has 1 atom stereocenters. The number of ether oxygens (including phenoxy) is 2. The van der Waals surface area contributed by atoms with Crippen molar-refractivity contribution in [1.82, 2.24) is 4.98 Å². The summed E-state index contributed by atoms with van der Waals surface area (Å²) in [6, 6.07) is 13.5. The quantitative estimate of drug-likeness (QED) is 0.696. The van der Waals surface area contributed by atoms with E-state index in [1.54, 1.807) is 13.3 Å². The number of hydrogen-bond acceptors (Lipinski definition) is 5. The second kappa shape index (κ2) is 7.04. The highest BCUT2D eigenvalue weighted by atomic mass is 16.5. The Balaban J connectivity index is 1.57. The summed E-state index contributed by atoms with van der Waals surface area (Å²) >= 11 is 0. The highest BCUT2D eigenvalue weighted by Crippen LogP contribution is 2.35. The number of nitrogens with zero attached hydrogens (tertiary/aromatic N) is 1. The molecule has 26 heavy (non-hydrogen) atoms. The maximum absolute atomic E-state index is 12.9. The Morgan fingerprint density at radius 1 is 1.27 bits per heavy atom. The van der Waals surface area contributed by atoms with Crippen LogP contribution in [0.5, 0.6) is 11.5 Å². The minimum Gasteiger partial charge on any atom is -0.496 e. The number of Topliss-reactive ketones (excluding diaryl/α,β-unsaturated/α-hetero) is 1. The molecule has 1 aromatic heterocycles. The fourth-order valence-electron chi connectivity index (χ4n) is 3.40. The Bertz CT molecular complexity index is 918. The van der Waals surface area contributed by atoms with Gasteiger partial charge >= 0.3 is 0 Å². The molecule has 0 radical (unpaired) electrons. The van der Waals surface area contributed by atoms with Gasteiger partial charge in [0.05, 0.1) is 25.5 Å². The maximum atomic E-state index is 12.9. The molecule has 0 spiro atoms. The third kappa shape index (κ3) is 3.08. The van der Waals surface area contributed by atoms with E-state index in [0.29, 0.717) is 31.0 Å². The number of rotatable bonds is 5. The first-order valence-electron chi connectivity index (χ1n) is 8.56. The molecular formula is C21H19NO4. The maximum Gasteiger partial charge on any atom is 0.181 e. The number of fused-ring (bicyclic) bond motifs is 1. The summed E-state index contributed by atoms with van der Waals surface area (Å²) in [4.78, 5) is 16.9. The van der Waals surface area contributed by atoms with Crippen LogP contribution in [0.4, 0.5) is 0 Å². The van der Waals surface area contributed by atoms with Gasteiger partial charge in [0.25, 0.3) is 0 Å². The molecule has 0 aliphatic carbocycles. The third-order valence-electron chi connectivity index (χ3n) is 4.69. The second-order valence-electron chi connectivity index (χ2n) is 6.27. The van der Waals surface area contributed by atoms with E-state index in [1.807, 2.05) is 42.5 Å². The minimum absolute atomic E-state index is 0.125. The van der Waals surface area contributed by atoms with Crippen LogP contribution in [0, 0.1) is 0 Å². The summed E-state index contributed by atoms with van der Waals surface area (Å²) in [6.07, 6.45) is 4.09. The van der Waals surface area contributed by atoms with Gasteiger partial charge in [-0.3, -0.25) is 4.79 Å². The van der Waals surface area contributed by atoms with Crippen LogP contribution in [0.3, 0.4) is 0 Å². The lowest BCUT2D eigenvalue weighted by molar-refractivity contribution is -0.120. The molecule has 1 aliphatic rings. The monoisotopic (exact) mass is 349 g/mol. The van der Waals surface area contributed by atoms with E-state index in [1.165, 1.54) is 6.39 Å². The lowest BCUT2D eigenvalue weighted by Gasteiger charge is -2.25. The first-order valence-corrected chi connectivity index (χ1v) is 8.56. The van der Waals surface area contributed by atoms with E-state index in [0.717, 1.165) is 22.4 Å². The Morgan fingerprint density at radius 2 is 2.15 bits per heavy atom. The molecule has 0 fully saturated rings. The summed E-state index contributed by atoms with van der Waals surface area (Å²) < 4.78 is 16.5. The van der Waals surface area contributed by atoms with Crippen molar-refractivity contribution in [2.75, 3.05) is 13.7 Å². The molecule has 1 aliphatic heterocycles. The fourth-order valence-corrected chi connectivity index (χ4v) is 3.40. The molecular weight excluding hydrogens is 330 g/mol. The van der Waals surface area contributed by atoms with Gasteiger partial charge in [0.15, 0.2) is 12.2 Å². The molecule has 5 nitrogen and oxygen atoms in total. The molecule has 0 saturated heterocycles. The molecule has 132 valence electrons. The number of ketones is 1. The molecule has 0 N–H and O–H groups in total. The van der Waals surface area contributed by atoms with Crippen LogP contribution in [-0.4, -0.2) is 24.5 Å². The molecule has 0 amide bonds. The number of carbonyl (C=O) groups excluding carboxylic acids is 1. The third-order valence-corrected chi connectivity index (χ3v) is 4.69. The molecule has 4 rings (SSSR count). The van der Waals surface area contributed by atoms with Crippen LogP contribution >= 0.6 is 0 Å². The Hall–Kier alpha value is -3.08. The van der Waals surface area contributed by atoms with Crippen molar-refractivity contribution >= 4 is 5.78 Å². The van der Waals surface area contributed by atoms with Crippen LogP contribution in [-0.2, 0) is 11.2 Å². The van der Waals surface area contributed by atoms with Crippen LogP contribution in [0.25, 0.3) is 11.3 Å². The van der Waals surface area contributed by atoms with E-state index >= 15 is 0 Å². The standard InChI is InChI=1S/C21H19NO4/c1-24-20-11-14(6-7-17(20)21-12-22-13-26-21)10-18(23)15-8-9-25-19-5-3-2-4-16(15)19/h2-7,11-13,15H,8-10H2,1H3. The van der Waals surface area contributed by atoms with E-state index in [4.69, 9.17) is 13.9 Å². The van der Waals surface area contributed by atoms with Gasteiger partial charge in [0.1, 0.15) is 17.3 Å². The van der Waals surface area contributed by atoms with Crippen LogP contribution in [0.2, 0.25) is 0 Å². The van der Waals surface area contributed by atoms with Crippen molar-refractivity contribution in [3.8, 4) is 22.8 Å². The van der Waals surface area contributed by atoms with Gasteiger partial charge in [0, 0.05) is 17.9 Å². The number of hydrogen-bond donors (Lipinski definition) is 0. The van der Waals surface area contributed by atoms with E-state index in [-0.39, 0.29) is 11.7 Å². The Morgan fingerprint density at radius 3 is 2.96 bits per heavy atom. The van der Waals surface area contributed by atoms with Crippen molar-refractivity contribution in [2.24, 2.45) is 0 Å². The zero-order valence-electron chi connectivity index (χ0n) is 14.5. The largest absolute Gasteiger partial charge is 0.496 e. The average Bonchev–Trinajstić information content (AvgIpc) is 3.22. The summed E-state index contributed by atoms with van der Waals surface area (Å²) in [5, 5.41) is 0. The predicted molar refractivity (Wildman–Crippen MR) is 96.5 cm³/mol. The van der Waals surface area contributed by atoms with Crippen LogP contribution in [0.1, 0.15) is 23.5 Å². The van der Waals surface area contributed by atoms with Gasteiger partial charge < -0.3 is 13.9 Å². The second-order valence-corrected chi connectivity index (χ2v) is 6.27. The molecule has 5 heteroatoms. The van der Waals surface area contributed by atoms with Crippen molar-refractivity contribution in [2.45, 2.75) is 18.8 Å². The van der Waals surface area contributed by atoms with Gasteiger partial charge in [-0.15, -0.1) is 0 Å². The van der Waals surface area contributed by atoms with E-state index in [2.05, 4.69) is 4.98 Å². The first kappa shape index (κ1) is 16.4. The van der Waals surface area contributed by atoms with Crippen LogP contribution in [0.15, 0.2) is 59.5 Å². The van der Waals surface area contributed by atoms with Gasteiger partial charge in [-0.1, -0.05) is 24.3 Å². The van der Waals surface area contributed by atoms with Crippen molar-refractivity contribution in [3.05, 3.63) is 66.2 Å². The van der Waals surface area contributed by atoms with Gasteiger partial charge in [-0.25, -0.2) is 4.98 Å². The zero-order chi connectivity index (χ0) is 17.9. The summed E-state index contributed by atoms with van der Waals surface area (Å²) in [7, 11) is 1.61. The first-order chi connectivity index (χ1) is 12.8. The molecule has 0 bridgehead atoms. The van der Waals surface area contributed by atoms with Gasteiger partial charge in [-0.2, -0.15) is 0 Å². The lowest BCUT2D eigenvalue weighted by atomic mass is 9.86. The van der Waals surface area contributed by atoms with Crippen molar-refractivity contribution in [3.63, 3.8) is 0 Å². The highest BCUT2D eigenvalue weighted by molar-refractivity contribution is 5.88. The summed E-state index contributed by atoms with van der Waals surface area (Å²) in [5.41, 5.74) is 2.71. The summed E-state index contributed by atoms with van der Waals surface area (Å²) in [5.74, 6) is 2.18. The summed E-state index contributed by atoms with van der Waals surface area (Å²) in [6.45, 7) is 0.571. The van der Waals surface area contributed by atoms with E-state index < -0.39 is 0 Å². The van der Waals surface area contributed by atoms with Crippen molar-refractivity contribution < 1.29 is 18.7 Å². The number of para-hydroxylation sites is 1. The number of aromatic nitrogens is 1. The topological polar surface area (TPSA) is 61.6 Å². The Kier molecular flexibility index (Phi) is 4.44. The Labute approximate surface area is 151 Å². The number of carbonyl (C=O) groups is 1. The van der Waals surface area contributed by atoms with E-state index in [9.17, 15) is 4.79 Å². The number of oxazole rings is 1. The van der Waals surface area contributed by atoms with Crippen LogP contribution < -0.4 is 9.47 Å². The normalized spacial score (nSPS) is 15.8. The SMILES string of the molecule is COc1cc(CC(=O)C2CCOc3ccccc32)ccc1-c1cnco1.